The van der Waals surface area contributed by atoms with Gasteiger partial charge in [0.05, 0.1) is 0 Å². The molecule has 1 aliphatic heterocycles. The summed E-state index contributed by atoms with van der Waals surface area (Å²) < 4.78 is 1.20. The largest absolute Gasteiger partial charge is 0.504 e. The Morgan fingerprint density at radius 3 is 2.37 bits per heavy atom. The lowest BCUT2D eigenvalue weighted by molar-refractivity contribution is 0.0680. The molecule has 1 aromatic heterocycles. The molecule has 2 aromatic carbocycles. The Bertz CT molecular complexity index is 1070. The highest BCUT2D eigenvalue weighted by Gasteiger charge is 2.30. The van der Waals surface area contributed by atoms with Crippen molar-refractivity contribution in [2.24, 2.45) is 0 Å². The van der Waals surface area contributed by atoms with Gasteiger partial charge in [0.2, 0.25) is 0 Å². The smallest absolute Gasteiger partial charge is 0.274 e. The Kier molecular flexibility index (Phi) is 4.16. The van der Waals surface area contributed by atoms with Crippen molar-refractivity contribution < 1.29 is 15.0 Å². The molecule has 4 rings (SSSR count). The molecule has 6 nitrogen and oxygen atoms in total. The highest BCUT2D eigenvalue weighted by Crippen LogP contribution is 2.30. The van der Waals surface area contributed by atoms with Gasteiger partial charge in [0, 0.05) is 25.7 Å². The molecule has 0 spiro atoms. The summed E-state index contributed by atoms with van der Waals surface area (Å²) in [7, 11) is 0. The van der Waals surface area contributed by atoms with Gasteiger partial charge in [0.1, 0.15) is 0 Å². The minimum Gasteiger partial charge on any atom is -0.504 e. The van der Waals surface area contributed by atoms with Crippen LogP contribution in [0.5, 0.6) is 11.5 Å². The molecule has 136 valence electrons. The normalized spacial score (nSPS) is 13.5. The molecule has 0 fully saturated rings. The van der Waals surface area contributed by atoms with Crippen molar-refractivity contribution in [1.82, 2.24) is 9.47 Å². The average Bonchev–Trinajstić information content (AvgIpc) is 2.69. The predicted molar refractivity (Wildman–Crippen MR) is 101 cm³/mol. The maximum Gasteiger partial charge on any atom is 0.274 e. The lowest BCUT2D eigenvalue weighted by atomic mass is 10.0. The topological polar surface area (TPSA) is 82.8 Å². The third-order valence-corrected chi connectivity index (χ3v) is 4.75. The fraction of sp³-hybridized carbons (Fsp3) is 0.143. The van der Waals surface area contributed by atoms with E-state index in [9.17, 15) is 19.8 Å². The van der Waals surface area contributed by atoms with Crippen LogP contribution in [-0.4, -0.2) is 32.1 Å². The van der Waals surface area contributed by atoms with Gasteiger partial charge < -0.3 is 15.1 Å². The van der Waals surface area contributed by atoms with Crippen LogP contribution in [0.15, 0.2) is 65.5 Å². The Morgan fingerprint density at radius 1 is 0.852 bits per heavy atom. The molecular weight excluding hydrogens is 344 g/mol. The van der Waals surface area contributed by atoms with E-state index in [1.165, 1.54) is 4.57 Å². The van der Waals surface area contributed by atoms with Gasteiger partial charge in [-0.3, -0.25) is 14.2 Å². The number of aromatic nitrogens is 1. The molecule has 0 radical (unpaired) electrons. The molecule has 3 aromatic rings. The van der Waals surface area contributed by atoms with Crippen LogP contribution < -0.4 is 5.56 Å². The number of hydrogen-bond acceptors (Lipinski definition) is 4. The molecule has 0 aliphatic carbocycles. The fourth-order valence-electron chi connectivity index (χ4n) is 3.38. The second kappa shape index (κ2) is 6.64. The van der Waals surface area contributed by atoms with Crippen molar-refractivity contribution in [1.29, 1.82) is 0 Å². The van der Waals surface area contributed by atoms with Crippen LogP contribution in [0.2, 0.25) is 0 Å². The van der Waals surface area contributed by atoms with Crippen molar-refractivity contribution in [3.05, 3.63) is 82.3 Å². The highest BCUT2D eigenvalue weighted by molar-refractivity contribution is 5.96. The number of fused-ring (bicyclic) bond motifs is 1. The molecule has 2 N–H and O–H groups in total. The second-order valence-corrected chi connectivity index (χ2v) is 6.51. The zero-order chi connectivity index (χ0) is 19.0. The molecule has 1 amide bonds. The fourth-order valence-corrected chi connectivity index (χ4v) is 3.38. The van der Waals surface area contributed by atoms with Gasteiger partial charge >= 0.3 is 0 Å². The number of carbonyl (C=O) groups excluding carboxylic acids is 1. The molecule has 0 saturated heterocycles. The lowest BCUT2D eigenvalue weighted by Crippen LogP contribution is -2.43. The van der Waals surface area contributed by atoms with Gasteiger partial charge in [-0.05, 0) is 22.8 Å². The molecule has 0 unspecified atom stereocenters. The summed E-state index contributed by atoms with van der Waals surface area (Å²) in [6.07, 6.45) is 0. The first-order valence-electron chi connectivity index (χ1n) is 8.64. The van der Waals surface area contributed by atoms with E-state index >= 15 is 0 Å². The van der Waals surface area contributed by atoms with Crippen molar-refractivity contribution in [2.45, 2.75) is 13.1 Å². The van der Waals surface area contributed by atoms with Crippen LogP contribution >= 0.6 is 0 Å². The van der Waals surface area contributed by atoms with Crippen LogP contribution in [0.4, 0.5) is 0 Å². The van der Waals surface area contributed by atoms with Crippen molar-refractivity contribution in [2.75, 3.05) is 6.54 Å². The van der Waals surface area contributed by atoms with E-state index in [0.29, 0.717) is 13.1 Å². The maximum absolute atomic E-state index is 12.8. The minimum atomic E-state index is -0.576. The van der Waals surface area contributed by atoms with E-state index in [1.54, 1.807) is 4.90 Å². The monoisotopic (exact) mass is 362 g/mol. The third kappa shape index (κ3) is 3.06. The molecule has 6 heteroatoms. The number of rotatable bonds is 3. The molecule has 0 saturated carbocycles. The SMILES string of the molecule is O=C1c2c(O)c(O)cc(=O)n2CCN1Cc1cccc(-c2ccccc2)c1. The number of carbonyl (C=O) groups is 1. The third-order valence-electron chi connectivity index (χ3n) is 4.75. The summed E-state index contributed by atoms with van der Waals surface area (Å²) in [6.45, 7) is 0.973. The summed E-state index contributed by atoms with van der Waals surface area (Å²) in [4.78, 5) is 26.3. The number of nitrogens with zero attached hydrogens (tertiary/aromatic N) is 2. The molecule has 0 bridgehead atoms. The zero-order valence-electron chi connectivity index (χ0n) is 14.5. The first-order valence-corrected chi connectivity index (χ1v) is 8.64. The molecule has 2 heterocycles. The summed E-state index contributed by atoms with van der Waals surface area (Å²) >= 11 is 0. The van der Waals surface area contributed by atoms with Crippen LogP contribution in [0.1, 0.15) is 16.1 Å². The summed E-state index contributed by atoms with van der Waals surface area (Å²) in [5.41, 5.74) is 2.42. The highest BCUT2D eigenvalue weighted by atomic mass is 16.3. The van der Waals surface area contributed by atoms with E-state index < -0.39 is 23.0 Å². The molecule has 0 atom stereocenters. The van der Waals surface area contributed by atoms with Crippen LogP contribution in [0.25, 0.3) is 11.1 Å². The first-order chi connectivity index (χ1) is 13.0. The van der Waals surface area contributed by atoms with Gasteiger partial charge in [-0.2, -0.15) is 0 Å². The van der Waals surface area contributed by atoms with Gasteiger partial charge in [-0.1, -0.05) is 48.5 Å². The van der Waals surface area contributed by atoms with Gasteiger partial charge in [0.25, 0.3) is 11.5 Å². The van der Waals surface area contributed by atoms with E-state index in [-0.39, 0.29) is 12.2 Å². The average molecular weight is 362 g/mol. The number of amides is 1. The number of benzene rings is 2. The molecule has 27 heavy (non-hydrogen) atoms. The number of hydrogen-bond donors (Lipinski definition) is 2. The first kappa shape index (κ1) is 16.9. The Labute approximate surface area is 155 Å². The van der Waals surface area contributed by atoms with Crippen LogP contribution in [0.3, 0.4) is 0 Å². The van der Waals surface area contributed by atoms with Crippen LogP contribution in [-0.2, 0) is 13.1 Å². The molecular formula is C21H18N2O4. The maximum atomic E-state index is 12.8. The van der Waals surface area contributed by atoms with Crippen LogP contribution in [0, 0.1) is 0 Å². The Balaban J connectivity index is 1.64. The molecule has 1 aliphatic rings. The Morgan fingerprint density at radius 2 is 1.59 bits per heavy atom. The quantitative estimate of drug-likeness (QED) is 0.750. The van der Waals surface area contributed by atoms with Gasteiger partial charge in [-0.15, -0.1) is 0 Å². The zero-order valence-corrected chi connectivity index (χ0v) is 14.5. The minimum absolute atomic E-state index is 0.162. The number of aromatic hydroxyl groups is 2. The predicted octanol–water partition coefficient (Wildman–Crippen LogP) is 2.58. The van der Waals surface area contributed by atoms with E-state index in [4.69, 9.17) is 0 Å². The summed E-state index contributed by atoms with van der Waals surface area (Å²) in [5, 5.41) is 19.7. The number of pyridine rings is 1. The second-order valence-electron chi connectivity index (χ2n) is 6.51. The summed E-state index contributed by atoms with van der Waals surface area (Å²) in [6, 6.07) is 18.8. The van der Waals surface area contributed by atoms with E-state index in [1.807, 2.05) is 54.6 Å². The van der Waals surface area contributed by atoms with E-state index in [0.717, 1.165) is 22.8 Å². The summed E-state index contributed by atoms with van der Waals surface area (Å²) in [5.74, 6) is -1.60. The van der Waals surface area contributed by atoms with Crippen molar-refractivity contribution in [3.63, 3.8) is 0 Å². The lowest BCUT2D eigenvalue weighted by Gasteiger charge is -2.30. The van der Waals surface area contributed by atoms with Gasteiger partial charge in [0.15, 0.2) is 17.2 Å². The Hall–Kier alpha value is -3.54. The van der Waals surface area contributed by atoms with Crippen molar-refractivity contribution >= 4 is 5.91 Å². The van der Waals surface area contributed by atoms with Gasteiger partial charge in [-0.25, -0.2) is 0 Å². The van der Waals surface area contributed by atoms with Crippen molar-refractivity contribution in [3.8, 4) is 22.6 Å². The standard InChI is InChI=1S/C21H18N2O4/c24-17-12-18(25)23-10-9-22(21(27)19(23)20(17)26)13-14-5-4-8-16(11-14)15-6-2-1-3-7-15/h1-8,11-12,24,26H,9-10,13H2. The van der Waals surface area contributed by atoms with E-state index in [2.05, 4.69) is 0 Å².